The highest BCUT2D eigenvalue weighted by Crippen LogP contribution is 2.18. The Morgan fingerprint density at radius 2 is 2.22 bits per heavy atom. The van der Waals surface area contributed by atoms with Crippen LogP contribution in [0.3, 0.4) is 0 Å². The summed E-state index contributed by atoms with van der Waals surface area (Å²) < 4.78 is 0. The minimum absolute atomic E-state index is 0.0541. The summed E-state index contributed by atoms with van der Waals surface area (Å²) in [6.45, 7) is 0. The average molecular weight is 166 g/mol. The first-order chi connectivity index (χ1) is 4.27. The molecule has 3 nitrogen and oxygen atoms in total. The quantitative estimate of drug-likeness (QED) is 0.369. The van der Waals surface area contributed by atoms with Crippen molar-refractivity contribution in [3.63, 3.8) is 0 Å². The summed E-state index contributed by atoms with van der Waals surface area (Å²) in [4.78, 5) is 19.5. The fourth-order valence-corrected chi connectivity index (χ4v) is 1.51. The van der Waals surface area contributed by atoms with Crippen LogP contribution >= 0.6 is 21.6 Å². The van der Waals surface area contributed by atoms with Gasteiger partial charge in [0.25, 0.3) is 0 Å². The molecular formula is C4H6O3S2. The lowest BCUT2D eigenvalue weighted by Gasteiger charge is -1.89. The molecule has 52 valence electrons. The summed E-state index contributed by atoms with van der Waals surface area (Å²) in [6.07, 6.45) is 0.750. The van der Waals surface area contributed by atoms with Crippen molar-refractivity contribution in [2.24, 2.45) is 0 Å². The number of hydrogen-bond donors (Lipinski definition) is 1. The van der Waals surface area contributed by atoms with Gasteiger partial charge in [-0.15, -0.1) is 0 Å². The van der Waals surface area contributed by atoms with Gasteiger partial charge in [-0.25, -0.2) is 0 Å². The van der Waals surface area contributed by atoms with E-state index in [-0.39, 0.29) is 5.75 Å². The van der Waals surface area contributed by atoms with Crippen LogP contribution in [0.5, 0.6) is 0 Å². The van der Waals surface area contributed by atoms with Crippen molar-refractivity contribution in [2.45, 2.75) is 0 Å². The molecule has 0 atom stereocenters. The van der Waals surface area contributed by atoms with Crippen LogP contribution in [-0.4, -0.2) is 28.9 Å². The Morgan fingerprint density at radius 1 is 1.56 bits per heavy atom. The number of aliphatic carboxylic acids is 1. The zero-order valence-corrected chi connectivity index (χ0v) is 6.20. The van der Waals surface area contributed by atoms with E-state index in [0.29, 0.717) is 5.75 Å². The fourth-order valence-electron chi connectivity index (χ4n) is 0.168. The molecular weight excluding hydrogens is 160 g/mol. The topological polar surface area (TPSA) is 54.4 Å². The van der Waals surface area contributed by atoms with Gasteiger partial charge in [-0.05, 0) is 0 Å². The highest BCUT2D eigenvalue weighted by molar-refractivity contribution is 8.77. The Hall–Kier alpha value is -0.160. The third-order valence-electron chi connectivity index (χ3n) is 0.402. The lowest BCUT2D eigenvalue weighted by atomic mass is 10.8. The molecule has 0 saturated carbocycles. The van der Waals surface area contributed by atoms with Crippen LogP contribution in [0.2, 0.25) is 0 Å². The van der Waals surface area contributed by atoms with E-state index in [2.05, 4.69) is 0 Å². The Balaban J connectivity index is 2.91. The van der Waals surface area contributed by atoms with Crippen molar-refractivity contribution >= 4 is 33.8 Å². The molecule has 0 fully saturated rings. The van der Waals surface area contributed by atoms with Gasteiger partial charge in [0.1, 0.15) is 12.0 Å². The molecule has 0 saturated heterocycles. The maximum Gasteiger partial charge on any atom is 0.314 e. The highest BCUT2D eigenvalue weighted by Gasteiger charge is 1.95. The van der Waals surface area contributed by atoms with Gasteiger partial charge in [0.15, 0.2) is 0 Å². The van der Waals surface area contributed by atoms with Gasteiger partial charge in [-0.3, -0.25) is 4.79 Å². The van der Waals surface area contributed by atoms with Gasteiger partial charge in [0.05, 0.1) is 5.75 Å². The minimum atomic E-state index is -0.849. The lowest BCUT2D eigenvalue weighted by molar-refractivity contribution is -0.133. The van der Waals surface area contributed by atoms with Gasteiger partial charge < -0.3 is 9.90 Å². The predicted molar refractivity (Wildman–Crippen MR) is 38.6 cm³/mol. The first-order valence-electron chi connectivity index (χ1n) is 2.17. The Morgan fingerprint density at radius 3 is 2.67 bits per heavy atom. The summed E-state index contributed by atoms with van der Waals surface area (Å²) in [5.41, 5.74) is 0. The van der Waals surface area contributed by atoms with Crippen LogP contribution in [0.15, 0.2) is 0 Å². The van der Waals surface area contributed by atoms with Gasteiger partial charge in [-0.1, -0.05) is 21.6 Å². The lowest BCUT2D eigenvalue weighted by Crippen LogP contribution is -1.95. The summed E-state index contributed by atoms with van der Waals surface area (Å²) in [7, 11) is 2.42. The summed E-state index contributed by atoms with van der Waals surface area (Å²) in [6, 6.07) is 0. The molecule has 5 heteroatoms. The largest absolute Gasteiger partial charge is 0.481 e. The molecule has 0 aromatic heterocycles. The van der Waals surface area contributed by atoms with E-state index in [9.17, 15) is 9.59 Å². The van der Waals surface area contributed by atoms with Gasteiger partial charge in [-0.2, -0.15) is 0 Å². The molecule has 0 unspecified atom stereocenters. The van der Waals surface area contributed by atoms with E-state index in [4.69, 9.17) is 5.11 Å². The van der Waals surface area contributed by atoms with Crippen LogP contribution in [0.1, 0.15) is 0 Å². The number of aldehydes is 1. The van der Waals surface area contributed by atoms with E-state index >= 15 is 0 Å². The summed E-state index contributed by atoms with van der Waals surface area (Å²) >= 11 is 0. The van der Waals surface area contributed by atoms with Crippen molar-refractivity contribution in [3.8, 4) is 0 Å². The van der Waals surface area contributed by atoms with Crippen LogP contribution in [0, 0.1) is 0 Å². The average Bonchev–Trinajstić information content (AvgIpc) is 1.80. The minimum Gasteiger partial charge on any atom is -0.481 e. The molecule has 0 aliphatic carbocycles. The standard InChI is InChI=1S/C4H6O3S2/c5-1-2-8-9-3-4(6)7/h1H,2-3H2,(H,6,7). The zero-order valence-electron chi connectivity index (χ0n) is 4.57. The predicted octanol–water partition coefficient (Wildman–Crippen LogP) is 0.651. The Labute approximate surface area is 60.6 Å². The number of hydrogen-bond acceptors (Lipinski definition) is 4. The number of carboxylic acids is 1. The van der Waals surface area contributed by atoms with E-state index in [1.165, 1.54) is 21.6 Å². The molecule has 9 heavy (non-hydrogen) atoms. The molecule has 0 spiro atoms. The van der Waals surface area contributed by atoms with E-state index < -0.39 is 5.97 Å². The Kier molecular flexibility index (Phi) is 5.86. The smallest absolute Gasteiger partial charge is 0.314 e. The molecule has 0 radical (unpaired) electrons. The van der Waals surface area contributed by atoms with Gasteiger partial charge in [0, 0.05) is 0 Å². The van der Waals surface area contributed by atoms with Crippen LogP contribution in [0.4, 0.5) is 0 Å². The number of carbonyl (C=O) groups is 2. The molecule has 0 rings (SSSR count). The third kappa shape index (κ3) is 7.84. The SMILES string of the molecule is O=CCSSCC(=O)O. The molecule has 0 heterocycles. The monoisotopic (exact) mass is 166 g/mol. The zero-order chi connectivity index (χ0) is 7.11. The first kappa shape index (κ1) is 8.84. The van der Waals surface area contributed by atoms with Crippen molar-refractivity contribution in [2.75, 3.05) is 11.5 Å². The Bertz CT molecular complexity index is 104. The molecule has 1 N–H and O–H groups in total. The van der Waals surface area contributed by atoms with E-state index in [1.807, 2.05) is 0 Å². The first-order valence-corrected chi connectivity index (χ1v) is 4.66. The second-order valence-corrected chi connectivity index (χ2v) is 3.61. The van der Waals surface area contributed by atoms with Crippen molar-refractivity contribution in [1.82, 2.24) is 0 Å². The molecule has 0 bridgehead atoms. The van der Waals surface area contributed by atoms with Crippen molar-refractivity contribution in [3.05, 3.63) is 0 Å². The maximum atomic E-state index is 9.84. The summed E-state index contributed by atoms with van der Waals surface area (Å²) in [5, 5.41) is 8.09. The van der Waals surface area contributed by atoms with Crippen LogP contribution in [0.25, 0.3) is 0 Å². The molecule has 0 aromatic rings. The number of carboxylic acid groups (broad SMARTS) is 1. The van der Waals surface area contributed by atoms with Crippen LogP contribution in [-0.2, 0) is 9.59 Å². The van der Waals surface area contributed by atoms with Crippen molar-refractivity contribution < 1.29 is 14.7 Å². The fraction of sp³-hybridized carbons (Fsp3) is 0.500. The van der Waals surface area contributed by atoms with Crippen LogP contribution < -0.4 is 0 Å². The third-order valence-corrected chi connectivity index (χ3v) is 2.47. The van der Waals surface area contributed by atoms with Gasteiger partial charge >= 0.3 is 5.97 Å². The molecule has 0 aliphatic heterocycles. The molecule has 0 aliphatic rings. The van der Waals surface area contributed by atoms with Gasteiger partial charge in [0.2, 0.25) is 0 Å². The van der Waals surface area contributed by atoms with E-state index in [0.717, 1.165) is 6.29 Å². The van der Waals surface area contributed by atoms with E-state index in [1.54, 1.807) is 0 Å². The highest BCUT2D eigenvalue weighted by atomic mass is 33.1. The van der Waals surface area contributed by atoms with Crippen molar-refractivity contribution in [1.29, 1.82) is 0 Å². The summed E-state index contributed by atoms with van der Waals surface area (Å²) in [5.74, 6) is -0.436. The maximum absolute atomic E-state index is 9.84. The molecule has 0 aromatic carbocycles. The number of rotatable bonds is 5. The second kappa shape index (κ2) is 5.97. The normalized spacial score (nSPS) is 8.89. The number of carbonyl (C=O) groups excluding carboxylic acids is 1. The molecule has 0 amide bonds. The second-order valence-electron chi connectivity index (χ2n) is 1.11.